The number of hydrogen-bond donors (Lipinski definition) is 1. The zero-order valence-electron chi connectivity index (χ0n) is 17.2. The number of nitrogens with one attached hydrogen (secondary N) is 1. The van der Waals surface area contributed by atoms with Gasteiger partial charge in [0, 0.05) is 19.5 Å². The summed E-state index contributed by atoms with van der Waals surface area (Å²) in [5.41, 5.74) is 4.91. The highest BCUT2D eigenvalue weighted by atomic mass is 16.1. The first-order valence-corrected chi connectivity index (χ1v) is 10.7. The topological polar surface area (TPSA) is 32.3 Å². The molecule has 2 saturated carbocycles. The van der Waals surface area contributed by atoms with Gasteiger partial charge in [0.1, 0.15) is 0 Å². The molecule has 2 bridgehead atoms. The van der Waals surface area contributed by atoms with Crippen LogP contribution in [0.3, 0.4) is 0 Å². The number of fused-ring (bicyclic) bond motifs is 2. The Labute approximate surface area is 169 Å². The van der Waals surface area contributed by atoms with Crippen LogP contribution in [0.1, 0.15) is 43.2 Å². The van der Waals surface area contributed by atoms with Gasteiger partial charge in [-0.2, -0.15) is 0 Å². The number of carbonyl (C=O) groups excluding carboxylic acids is 1. The van der Waals surface area contributed by atoms with E-state index in [1.54, 1.807) is 0 Å². The van der Waals surface area contributed by atoms with Gasteiger partial charge in [-0.25, -0.2) is 0 Å². The molecule has 2 aromatic carbocycles. The predicted octanol–water partition coefficient (Wildman–Crippen LogP) is 4.86. The molecule has 2 fully saturated rings. The van der Waals surface area contributed by atoms with Crippen molar-refractivity contribution in [2.75, 3.05) is 14.1 Å². The normalized spacial score (nSPS) is 23.3. The molecule has 3 heteroatoms. The van der Waals surface area contributed by atoms with Crippen LogP contribution in [0, 0.1) is 17.8 Å². The van der Waals surface area contributed by atoms with E-state index in [2.05, 4.69) is 72.8 Å². The third-order valence-corrected chi connectivity index (χ3v) is 6.59. The Bertz CT molecular complexity index is 812. The molecule has 4 rings (SSSR count). The Morgan fingerprint density at radius 3 is 2.50 bits per heavy atom. The maximum Gasteiger partial charge on any atom is 0.220 e. The average molecular weight is 377 g/mol. The van der Waals surface area contributed by atoms with Gasteiger partial charge in [-0.3, -0.25) is 4.79 Å². The Hall–Kier alpha value is -2.13. The lowest BCUT2D eigenvalue weighted by Crippen LogP contribution is -2.27. The van der Waals surface area contributed by atoms with Gasteiger partial charge < -0.3 is 10.2 Å². The largest absolute Gasteiger partial charge is 0.352 e. The molecular weight excluding hydrogens is 344 g/mol. The minimum absolute atomic E-state index is 0.216. The molecule has 0 saturated heterocycles. The summed E-state index contributed by atoms with van der Waals surface area (Å²) in [7, 11) is 4.17. The molecular formula is C25H32N2O. The SMILES string of the molecule is CN(C)Cc1ccc(-c2ccccc2CNC(=O)CC2CC3CCC2C3)cc1. The molecule has 1 N–H and O–H groups in total. The minimum atomic E-state index is 0.216. The summed E-state index contributed by atoms with van der Waals surface area (Å²) in [6.45, 7) is 1.55. The third kappa shape index (κ3) is 4.47. The summed E-state index contributed by atoms with van der Waals surface area (Å²) >= 11 is 0. The lowest BCUT2D eigenvalue weighted by molar-refractivity contribution is -0.122. The number of amides is 1. The third-order valence-electron chi connectivity index (χ3n) is 6.59. The van der Waals surface area contributed by atoms with Crippen molar-refractivity contribution < 1.29 is 4.79 Å². The van der Waals surface area contributed by atoms with Crippen LogP contribution < -0.4 is 5.32 Å². The van der Waals surface area contributed by atoms with Crippen molar-refractivity contribution in [3.63, 3.8) is 0 Å². The number of benzene rings is 2. The van der Waals surface area contributed by atoms with E-state index < -0.39 is 0 Å². The second-order valence-electron chi connectivity index (χ2n) is 9.01. The summed E-state index contributed by atoms with van der Waals surface area (Å²) in [5.74, 6) is 2.55. The van der Waals surface area contributed by atoms with Gasteiger partial charge in [0.2, 0.25) is 5.91 Å². The van der Waals surface area contributed by atoms with Crippen LogP contribution in [-0.4, -0.2) is 24.9 Å². The second kappa shape index (κ2) is 8.48. The second-order valence-corrected chi connectivity index (χ2v) is 9.01. The highest BCUT2D eigenvalue weighted by molar-refractivity contribution is 5.77. The molecule has 0 aromatic heterocycles. The molecule has 1 amide bonds. The fourth-order valence-electron chi connectivity index (χ4n) is 5.24. The molecule has 2 aliphatic rings. The fourth-order valence-corrected chi connectivity index (χ4v) is 5.24. The van der Waals surface area contributed by atoms with E-state index in [0.717, 1.165) is 18.4 Å². The van der Waals surface area contributed by atoms with Gasteiger partial charge in [-0.05, 0) is 73.4 Å². The minimum Gasteiger partial charge on any atom is -0.352 e. The van der Waals surface area contributed by atoms with Crippen LogP contribution in [0.25, 0.3) is 11.1 Å². The van der Waals surface area contributed by atoms with E-state index in [1.807, 2.05) is 0 Å². The van der Waals surface area contributed by atoms with Crippen molar-refractivity contribution in [2.45, 2.75) is 45.2 Å². The highest BCUT2D eigenvalue weighted by Crippen LogP contribution is 2.49. The molecule has 3 nitrogen and oxygen atoms in total. The summed E-state index contributed by atoms with van der Waals surface area (Å²) in [4.78, 5) is 14.7. The van der Waals surface area contributed by atoms with Crippen molar-refractivity contribution in [1.82, 2.24) is 10.2 Å². The first-order chi connectivity index (χ1) is 13.6. The van der Waals surface area contributed by atoms with Gasteiger partial charge in [-0.1, -0.05) is 55.0 Å². The molecule has 28 heavy (non-hydrogen) atoms. The van der Waals surface area contributed by atoms with Crippen molar-refractivity contribution in [2.24, 2.45) is 17.8 Å². The van der Waals surface area contributed by atoms with Gasteiger partial charge >= 0.3 is 0 Å². The van der Waals surface area contributed by atoms with Gasteiger partial charge in [0.25, 0.3) is 0 Å². The lowest BCUT2D eigenvalue weighted by Gasteiger charge is -2.21. The maximum absolute atomic E-state index is 12.5. The number of hydrogen-bond acceptors (Lipinski definition) is 2. The monoisotopic (exact) mass is 376 g/mol. The lowest BCUT2D eigenvalue weighted by atomic mass is 9.86. The standard InChI is InChI=1S/C25H32N2O/c1-27(2)17-18-7-10-20(11-8-18)24-6-4-3-5-22(24)16-26-25(28)15-23-14-19-9-12-21(23)13-19/h3-8,10-11,19,21,23H,9,12-17H2,1-2H3,(H,26,28). The molecule has 0 spiro atoms. The van der Waals surface area contributed by atoms with Crippen molar-refractivity contribution >= 4 is 5.91 Å². The first-order valence-electron chi connectivity index (χ1n) is 10.7. The predicted molar refractivity (Wildman–Crippen MR) is 115 cm³/mol. The number of carbonyl (C=O) groups is 1. The van der Waals surface area contributed by atoms with Gasteiger partial charge in [0.05, 0.1) is 0 Å². The van der Waals surface area contributed by atoms with Crippen LogP contribution in [0.2, 0.25) is 0 Å². The van der Waals surface area contributed by atoms with Crippen molar-refractivity contribution in [3.8, 4) is 11.1 Å². The van der Waals surface area contributed by atoms with E-state index >= 15 is 0 Å². The van der Waals surface area contributed by atoms with Crippen molar-refractivity contribution in [1.29, 1.82) is 0 Å². The molecule has 0 radical (unpaired) electrons. The van der Waals surface area contributed by atoms with Crippen molar-refractivity contribution in [3.05, 3.63) is 59.7 Å². The van der Waals surface area contributed by atoms with E-state index in [4.69, 9.17) is 0 Å². The molecule has 0 aliphatic heterocycles. The Balaban J connectivity index is 1.38. The Morgan fingerprint density at radius 1 is 1.04 bits per heavy atom. The molecule has 2 aliphatic carbocycles. The smallest absolute Gasteiger partial charge is 0.220 e. The fraction of sp³-hybridized carbons (Fsp3) is 0.480. The number of nitrogens with zero attached hydrogens (tertiary/aromatic N) is 1. The van der Waals surface area contributed by atoms with E-state index in [1.165, 1.54) is 47.9 Å². The Morgan fingerprint density at radius 2 is 1.82 bits per heavy atom. The van der Waals surface area contributed by atoms with E-state index in [9.17, 15) is 4.79 Å². The van der Waals surface area contributed by atoms with Gasteiger partial charge in [0.15, 0.2) is 0 Å². The van der Waals surface area contributed by atoms with Crippen LogP contribution in [0.5, 0.6) is 0 Å². The Kier molecular flexibility index (Phi) is 5.82. The van der Waals surface area contributed by atoms with Crippen LogP contribution >= 0.6 is 0 Å². The van der Waals surface area contributed by atoms with E-state index in [0.29, 0.717) is 18.9 Å². The molecule has 3 unspecified atom stereocenters. The molecule has 148 valence electrons. The molecule has 3 atom stereocenters. The average Bonchev–Trinajstić information content (AvgIpc) is 3.30. The first kappa shape index (κ1) is 19.2. The maximum atomic E-state index is 12.5. The van der Waals surface area contributed by atoms with Crippen LogP contribution in [-0.2, 0) is 17.9 Å². The zero-order valence-corrected chi connectivity index (χ0v) is 17.2. The van der Waals surface area contributed by atoms with Crippen LogP contribution in [0.4, 0.5) is 0 Å². The molecule has 2 aromatic rings. The summed E-state index contributed by atoms with van der Waals surface area (Å²) in [6.07, 6.45) is 6.08. The quantitative estimate of drug-likeness (QED) is 0.749. The number of rotatable bonds is 7. The van der Waals surface area contributed by atoms with E-state index in [-0.39, 0.29) is 5.91 Å². The highest BCUT2D eigenvalue weighted by Gasteiger charge is 2.40. The summed E-state index contributed by atoms with van der Waals surface area (Å²) in [5, 5.41) is 3.19. The summed E-state index contributed by atoms with van der Waals surface area (Å²) < 4.78 is 0. The van der Waals surface area contributed by atoms with Gasteiger partial charge in [-0.15, -0.1) is 0 Å². The summed E-state index contributed by atoms with van der Waals surface area (Å²) in [6, 6.07) is 17.2. The van der Waals surface area contributed by atoms with Crippen LogP contribution in [0.15, 0.2) is 48.5 Å². The zero-order chi connectivity index (χ0) is 19.5. The molecule has 0 heterocycles.